The third kappa shape index (κ3) is 13.3. The summed E-state index contributed by atoms with van der Waals surface area (Å²) in [6.45, 7) is 13.2. The smallest absolute Gasteiger partial charge is 0.333 e. The van der Waals surface area contributed by atoms with E-state index < -0.39 is 41.2 Å². The molecule has 0 aliphatic heterocycles. The number of allylic oxidation sites excluding steroid dienone is 1. The number of hydrogen-bond donors (Lipinski definition) is 3. The van der Waals surface area contributed by atoms with Crippen LogP contribution in [0.4, 0.5) is 9.18 Å². The minimum absolute atomic E-state index is 0.0385. The van der Waals surface area contributed by atoms with Crippen LogP contribution in [-0.2, 0) is 37.7 Å². The van der Waals surface area contributed by atoms with Crippen LogP contribution in [0.1, 0.15) is 65.3 Å². The molecule has 0 spiro atoms. The monoisotopic (exact) mass is 706 g/mol. The molecular weight excluding hydrogens is 655 g/mol. The summed E-state index contributed by atoms with van der Waals surface area (Å²) in [6.07, 6.45) is 2.40. The molecule has 13 heteroatoms. The number of ether oxygens (including phenoxy) is 3. The third-order valence-corrected chi connectivity index (χ3v) is 7.34. The molecule has 1 atom stereocenters. The van der Waals surface area contributed by atoms with E-state index in [-0.39, 0.29) is 26.2 Å². The van der Waals surface area contributed by atoms with E-state index in [9.17, 15) is 18.8 Å². The number of halogens is 1. The summed E-state index contributed by atoms with van der Waals surface area (Å²) in [5.41, 5.74) is 2.19. The first kappa shape index (κ1) is 40.4. The van der Waals surface area contributed by atoms with Gasteiger partial charge in [-0.3, -0.25) is 14.6 Å². The number of hydrazine groups is 1. The molecule has 4 amide bonds. The van der Waals surface area contributed by atoms with E-state index in [1.807, 2.05) is 65.0 Å². The molecule has 3 aromatic rings. The zero-order valence-corrected chi connectivity index (χ0v) is 30.6. The van der Waals surface area contributed by atoms with Crippen LogP contribution in [0.25, 0.3) is 0 Å². The molecule has 276 valence electrons. The molecule has 51 heavy (non-hydrogen) atoms. The highest BCUT2D eigenvalue weighted by Crippen LogP contribution is 2.28. The van der Waals surface area contributed by atoms with E-state index in [1.54, 1.807) is 50.3 Å². The van der Waals surface area contributed by atoms with Crippen molar-refractivity contribution in [2.24, 2.45) is 0 Å². The number of carbonyl (C=O) groups is 3. The van der Waals surface area contributed by atoms with Gasteiger partial charge in [-0.2, -0.15) is 4.39 Å². The summed E-state index contributed by atoms with van der Waals surface area (Å²) in [5.74, 6) is -1.22. The molecule has 3 rings (SSSR count). The maximum Gasteiger partial charge on any atom is 0.333 e. The first-order valence-corrected chi connectivity index (χ1v) is 17.0. The van der Waals surface area contributed by atoms with Gasteiger partial charge in [0.1, 0.15) is 23.4 Å². The SMILES string of the molecule is CC=CN(CC(=O)N[C@](C)(C(=O)N(Cc1cccc(F)n1)CC(OCC)OCC)c1ccc(OC(C)(C)C)cc1)NC(=O)NCc1ccccc1. The molecule has 0 unspecified atom stereocenters. The fourth-order valence-electron chi connectivity index (χ4n) is 5.16. The summed E-state index contributed by atoms with van der Waals surface area (Å²) in [6, 6.07) is 20.1. The second-order valence-corrected chi connectivity index (χ2v) is 12.8. The van der Waals surface area contributed by atoms with Crippen molar-refractivity contribution in [2.75, 3.05) is 26.3 Å². The van der Waals surface area contributed by atoms with Gasteiger partial charge in [0.2, 0.25) is 11.9 Å². The number of pyridine rings is 1. The Hall–Kier alpha value is -5.01. The number of nitrogens with one attached hydrogen (secondary N) is 3. The van der Waals surface area contributed by atoms with Crippen LogP contribution in [0.15, 0.2) is 85.1 Å². The molecule has 0 aliphatic carbocycles. The van der Waals surface area contributed by atoms with Gasteiger partial charge in [0.05, 0.1) is 18.8 Å². The summed E-state index contributed by atoms with van der Waals surface area (Å²) in [7, 11) is 0. The molecule has 2 aromatic carbocycles. The van der Waals surface area contributed by atoms with E-state index in [0.717, 1.165) is 5.56 Å². The quantitative estimate of drug-likeness (QED) is 0.0909. The van der Waals surface area contributed by atoms with Crippen molar-refractivity contribution in [1.82, 2.24) is 31.0 Å². The summed E-state index contributed by atoms with van der Waals surface area (Å²) in [5, 5.41) is 7.00. The molecule has 1 heterocycles. The number of nitrogens with zero attached hydrogens (tertiary/aromatic N) is 3. The highest BCUT2D eigenvalue weighted by atomic mass is 19.1. The molecule has 0 bridgehead atoms. The Kier molecular flexibility index (Phi) is 15.4. The number of urea groups is 1. The molecule has 3 N–H and O–H groups in total. The maximum absolute atomic E-state index is 14.8. The second kappa shape index (κ2) is 19.4. The predicted octanol–water partition coefficient (Wildman–Crippen LogP) is 5.41. The lowest BCUT2D eigenvalue weighted by Gasteiger charge is -2.37. The third-order valence-electron chi connectivity index (χ3n) is 7.34. The van der Waals surface area contributed by atoms with Crippen molar-refractivity contribution >= 4 is 17.8 Å². The van der Waals surface area contributed by atoms with Crippen molar-refractivity contribution in [1.29, 1.82) is 0 Å². The number of amides is 4. The Bertz CT molecular complexity index is 1580. The highest BCUT2D eigenvalue weighted by molar-refractivity contribution is 5.93. The lowest BCUT2D eigenvalue weighted by atomic mass is 9.89. The number of rotatable bonds is 18. The van der Waals surface area contributed by atoms with Crippen LogP contribution >= 0.6 is 0 Å². The van der Waals surface area contributed by atoms with Crippen molar-refractivity contribution in [2.45, 2.75) is 79.0 Å². The first-order chi connectivity index (χ1) is 24.3. The number of carbonyl (C=O) groups excluding carboxylic acids is 3. The van der Waals surface area contributed by atoms with Crippen LogP contribution in [0.2, 0.25) is 0 Å². The van der Waals surface area contributed by atoms with E-state index in [4.69, 9.17) is 14.2 Å². The van der Waals surface area contributed by atoms with E-state index in [0.29, 0.717) is 30.2 Å². The van der Waals surface area contributed by atoms with Gasteiger partial charge in [-0.05, 0) is 83.9 Å². The lowest BCUT2D eigenvalue weighted by Crippen LogP contribution is -2.58. The molecule has 0 radical (unpaired) electrons. The van der Waals surface area contributed by atoms with Crippen LogP contribution in [-0.4, -0.2) is 70.9 Å². The zero-order chi connectivity index (χ0) is 37.4. The van der Waals surface area contributed by atoms with Gasteiger partial charge in [-0.1, -0.05) is 54.6 Å². The summed E-state index contributed by atoms with van der Waals surface area (Å²) >= 11 is 0. The zero-order valence-electron chi connectivity index (χ0n) is 30.6. The van der Waals surface area contributed by atoms with Crippen LogP contribution in [0.5, 0.6) is 5.75 Å². The summed E-state index contributed by atoms with van der Waals surface area (Å²) < 4.78 is 31.7. The molecule has 0 aliphatic rings. The van der Waals surface area contributed by atoms with Gasteiger partial charge in [0.15, 0.2) is 6.29 Å². The Morgan fingerprint density at radius 1 is 0.922 bits per heavy atom. The topological polar surface area (TPSA) is 134 Å². The molecule has 0 saturated heterocycles. The molecule has 0 fully saturated rings. The van der Waals surface area contributed by atoms with Gasteiger partial charge >= 0.3 is 6.03 Å². The normalized spacial score (nSPS) is 12.6. The van der Waals surface area contributed by atoms with E-state index >= 15 is 0 Å². The number of benzene rings is 2. The minimum Gasteiger partial charge on any atom is -0.488 e. The Labute approximate surface area is 300 Å². The van der Waals surface area contributed by atoms with Gasteiger partial charge in [0.25, 0.3) is 5.91 Å². The molecule has 1 aromatic heterocycles. The van der Waals surface area contributed by atoms with Crippen LogP contribution in [0, 0.1) is 5.95 Å². The second-order valence-electron chi connectivity index (χ2n) is 12.8. The van der Waals surface area contributed by atoms with E-state index in [1.165, 1.54) is 28.2 Å². The molecule has 12 nitrogen and oxygen atoms in total. The fraction of sp³-hybridized carbons (Fsp3) is 0.421. The van der Waals surface area contributed by atoms with Crippen molar-refractivity contribution in [3.05, 3.63) is 108 Å². The maximum atomic E-state index is 14.8. The average Bonchev–Trinajstić information content (AvgIpc) is 3.07. The van der Waals surface area contributed by atoms with Crippen molar-refractivity contribution < 1.29 is 33.0 Å². The van der Waals surface area contributed by atoms with Crippen molar-refractivity contribution in [3.8, 4) is 5.75 Å². The Morgan fingerprint density at radius 2 is 1.59 bits per heavy atom. The highest BCUT2D eigenvalue weighted by Gasteiger charge is 2.41. The Morgan fingerprint density at radius 3 is 2.18 bits per heavy atom. The summed E-state index contributed by atoms with van der Waals surface area (Å²) in [4.78, 5) is 46.8. The molecular formula is C38H51FN6O6. The largest absolute Gasteiger partial charge is 0.488 e. The standard InChI is InChI=1S/C38H51FN6O6/c1-8-23-45(43-36(48)40-24-28-15-12-11-13-16-28)26-33(46)42-38(7,29-19-21-31(22-20-29)51-37(4,5)6)35(47)44(27-34(49-9-2)50-10-3)25-30-17-14-18-32(39)41-30/h8,11-23,34H,9-10,24-27H2,1-7H3,(H,42,46)(H2,40,43,48)/t38-/m0/s1. The van der Waals surface area contributed by atoms with E-state index in [2.05, 4.69) is 21.0 Å². The number of aromatic nitrogens is 1. The van der Waals surface area contributed by atoms with Gasteiger partial charge in [0, 0.05) is 26.0 Å². The van der Waals surface area contributed by atoms with Crippen molar-refractivity contribution in [3.63, 3.8) is 0 Å². The lowest BCUT2D eigenvalue weighted by molar-refractivity contribution is -0.164. The van der Waals surface area contributed by atoms with Crippen LogP contribution in [0.3, 0.4) is 0 Å². The molecule has 0 saturated carbocycles. The van der Waals surface area contributed by atoms with Gasteiger partial charge < -0.3 is 29.7 Å². The number of hydrogen-bond acceptors (Lipinski definition) is 8. The van der Waals surface area contributed by atoms with Gasteiger partial charge in [-0.15, -0.1) is 0 Å². The predicted molar refractivity (Wildman–Crippen MR) is 192 cm³/mol. The minimum atomic E-state index is -1.66. The fourth-order valence-corrected chi connectivity index (χ4v) is 5.16. The van der Waals surface area contributed by atoms with Crippen LogP contribution < -0.4 is 20.8 Å². The average molecular weight is 707 g/mol. The first-order valence-electron chi connectivity index (χ1n) is 17.0. The Balaban J connectivity index is 1.95. The van der Waals surface area contributed by atoms with Gasteiger partial charge in [-0.25, -0.2) is 15.2 Å².